The minimum Gasteiger partial charge on any atom is -0.362 e. The predicted molar refractivity (Wildman–Crippen MR) is 104 cm³/mol. The van der Waals surface area contributed by atoms with Crippen molar-refractivity contribution >= 4 is 23.0 Å². The summed E-state index contributed by atoms with van der Waals surface area (Å²) in [6.45, 7) is 7.35. The van der Waals surface area contributed by atoms with Gasteiger partial charge in [0, 0.05) is 12.2 Å². The highest BCUT2D eigenvalue weighted by Crippen LogP contribution is 2.14. The third-order valence-corrected chi connectivity index (χ3v) is 4.51. The molecule has 2 rings (SSSR count). The highest BCUT2D eigenvalue weighted by molar-refractivity contribution is 7.80. The molecule has 3 heteroatoms. The molecule has 122 valence electrons. The molecule has 2 N–H and O–H groups in total. The smallest absolute Gasteiger partial charge is 0.170 e. The van der Waals surface area contributed by atoms with Crippen LogP contribution in [0.25, 0.3) is 0 Å². The molecule has 2 nitrogen and oxygen atoms in total. The van der Waals surface area contributed by atoms with Crippen LogP contribution in [0.4, 0.5) is 5.69 Å². The number of benzene rings is 2. The van der Waals surface area contributed by atoms with E-state index in [-0.39, 0.29) is 0 Å². The molecule has 0 heterocycles. The van der Waals surface area contributed by atoms with Crippen LogP contribution in [0.15, 0.2) is 48.5 Å². The molecule has 0 aliphatic heterocycles. The van der Waals surface area contributed by atoms with Crippen LogP contribution < -0.4 is 10.6 Å². The van der Waals surface area contributed by atoms with Gasteiger partial charge in [-0.3, -0.25) is 0 Å². The zero-order valence-corrected chi connectivity index (χ0v) is 15.0. The van der Waals surface area contributed by atoms with Crippen LogP contribution >= 0.6 is 12.2 Å². The molecule has 2 aromatic rings. The van der Waals surface area contributed by atoms with Crippen LogP contribution in [-0.2, 0) is 6.42 Å². The molecule has 0 aliphatic carbocycles. The van der Waals surface area contributed by atoms with Gasteiger partial charge in [0.25, 0.3) is 0 Å². The van der Waals surface area contributed by atoms with E-state index in [2.05, 4.69) is 79.9 Å². The van der Waals surface area contributed by atoms with E-state index in [9.17, 15) is 0 Å². The number of rotatable bonds is 6. The molecular formula is C20H26N2S. The van der Waals surface area contributed by atoms with Gasteiger partial charge in [0.2, 0.25) is 0 Å². The van der Waals surface area contributed by atoms with E-state index in [0.717, 1.165) is 25.1 Å². The molecule has 0 radical (unpaired) electrons. The SMILES string of the molecule is CC[C@H](CNC(=S)Nc1ccc(C)c(C)c1)Cc1ccccc1. The summed E-state index contributed by atoms with van der Waals surface area (Å²) in [7, 11) is 0. The Hall–Kier alpha value is -1.87. The summed E-state index contributed by atoms with van der Waals surface area (Å²) in [5, 5.41) is 7.32. The second-order valence-corrected chi connectivity index (χ2v) is 6.51. The average molecular weight is 327 g/mol. The van der Waals surface area contributed by atoms with Gasteiger partial charge in [-0.2, -0.15) is 0 Å². The summed E-state index contributed by atoms with van der Waals surface area (Å²) in [5.41, 5.74) is 4.99. The molecule has 0 aliphatic rings. The first kappa shape index (κ1) is 17.5. The van der Waals surface area contributed by atoms with Gasteiger partial charge in [0.1, 0.15) is 0 Å². The Morgan fingerprint density at radius 2 is 1.78 bits per heavy atom. The van der Waals surface area contributed by atoms with Crippen molar-refractivity contribution in [2.75, 3.05) is 11.9 Å². The Kier molecular flexibility index (Phi) is 6.60. The standard InChI is InChI=1S/C20H26N2S/c1-4-17(13-18-8-6-5-7-9-18)14-21-20(23)22-19-11-10-15(2)16(3)12-19/h5-12,17H,4,13-14H2,1-3H3,(H2,21,22,23)/t17-/m0/s1. The van der Waals surface area contributed by atoms with Crippen LogP contribution in [0, 0.1) is 19.8 Å². The lowest BCUT2D eigenvalue weighted by Gasteiger charge is -2.18. The van der Waals surface area contributed by atoms with Gasteiger partial charge in [0.15, 0.2) is 5.11 Å². The maximum atomic E-state index is 5.42. The van der Waals surface area contributed by atoms with Crippen molar-refractivity contribution in [1.29, 1.82) is 0 Å². The lowest BCUT2D eigenvalue weighted by atomic mass is 9.97. The van der Waals surface area contributed by atoms with E-state index >= 15 is 0 Å². The molecule has 0 aromatic heterocycles. The van der Waals surface area contributed by atoms with E-state index in [1.165, 1.54) is 16.7 Å². The topological polar surface area (TPSA) is 24.1 Å². The fraction of sp³-hybridized carbons (Fsp3) is 0.350. The van der Waals surface area contributed by atoms with Crippen LogP contribution in [0.5, 0.6) is 0 Å². The van der Waals surface area contributed by atoms with Crippen molar-refractivity contribution in [2.45, 2.75) is 33.6 Å². The highest BCUT2D eigenvalue weighted by Gasteiger charge is 2.08. The van der Waals surface area contributed by atoms with Crippen LogP contribution in [-0.4, -0.2) is 11.7 Å². The summed E-state index contributed by atoms with van der Waals surface area (Å²) < 4.78 is 0. The molecular weight excluding hydrogens is 300 g/mol. The van der Waals surface area contributed by atoms with Crippen LogP contribution in [0.2, 0.25) is 0 Å². The monoisotopic (exact) mass is 326 g/mol. The van der Waals surface area contributed by atoms with Crippen molar-refractivity contribution in [3.05, 3.63) is 65.2 Å². The summed E-state index contributed by atoms with van der Waals surface area (Å²) in [4.78, 5) is 0. The quantitative estimate of drug-likeness (QED) is 0.741. The van der Waals surface area contributed by atoms with Gasteiger partial charge in [-0.25, -0.2) is 0 Å². The van der Waals surface area contributed by atoms with E-state index in [0.29, 0.717) is 11.0 Å². The Balaban J connectivity index is 1.83. The first-order chi connectivity index (χ1) is 11.1. The largest absolute Gasteiger partial charge is 0.362 e. The van der Waals surface area contributed by atoms with Gasteiger partial charge < -0.3 is 10.6 Å². The molecule has 1 atom stereocenters. The lowest BCUT2D eigenvalue weighted by Crippen LogP contribution is -2.33. The molecule has 0 saturated carbocycles. The normalized spacial score (nSPS) is 11.8. The van der Waals surface area contributed by atoms with E-state index < -0.39 is 0 Å². The first-order valence-electron chi connectivity index (χ1n) is 8.24. The second kappa shape index (κ2) is 8.68. The Labute approximate surface area is 145 Å². The van der Waals surface area contributed by atoms with Crippen molar-refractivity contribution in [3.63, 3.8) is 0 Å². The molecule has 0 saturated heterocycles. The maximum Gasteiger partial charge on any atom is 0.170 e. The second-order valence-electron chi connectivity index (χ2n) is 6.10. The van der Waals surface area contributed by atoms with Gasteiger partial charge >= 0.3 is 0 Å². The van der Waals surface area contributed by atoms with Gasteiger partial charge in [-0.15, -0.1) is 0 Å². The summed E-state index contributed by atoms with van der Waals surface area (Å²) >= 11 is 5.42. The predicted octanol–water partition coefficient (Wildman–Crippen LogP) is 4.86. The lowest BCUT2D eigenvalue weighted by molar-refractivity contribution is 0.498. The van der Waals surface area contributed by atoms with Crippen molar-refractivity contribution in [2.24, 2.45) is 5.92 Å². The molecule has 0 spiro atoms. The molecule has 0 amide bonds. The highest BCUT2D eigenvalue weighted by atomic mass is 32.1. The van der Waals surface area contributed by atoms with Crippen LogP contribution in [0.3, 0.4) is 0 Å². The number of hydrogen-bond acceptors (Lipinski definition) is 1. The molecule has 0 fully saturated rings. The van der Waals surface area contributed by atoms with Crippen LogP contribution in [0.1, 0.15) is 30.0 Å². The number of thiocarbonyl (C=S) groups is 1. The number of hydrogen-bond donors (Lipinski definition) is 2. The number of anilines is 1. The Bertz CT molecular complexity index is 637. The third-order valence-electron chi connectivity index (χ3n) is 4.26. The summed E-state index contributed by atoms with van der Waals surface area (Å²) in [5.74, 6) is 0.580. The van der Waals surface area contributed by atoms with Gasteiger partial charge in [0.05, 0.1) is 0 Å². The fourth-order valence-corrected chi connectivity index (χ4v) is 2.74. The zero-order chi connectivity index (χ0) is 16.7. The van der Waals surface area contributed by atoms with E-state index in [4.69, 9.17) is 12.2 Å². The molecule has 0 unspecified atom stereocenters. The van der Waals surface area contributed by atoms with Crippen molar-refractivity contribution in [1.82, 2.24) is 5.32 Å². The third kappa shape index (κ3) is 5.68. The minimum atomic E-state index is 0.580. The first-order valence-corrected chi connectivity index (χ1v) is 8.65. The van der Waals surface area contributed by atoms with Crippen molar-refractivity contribution < 1.29 is 0 Å². The summed E-state index contributed by atoms with van der Waals surface area (Å²) in [6.07, 6.45) is 2.21. The van der Waals surface area contributed by atoms with Gasteiger partial charge in [-0.1, -0.05) is 49.7 Å². The Morgan fingerprint density at radius 1 is 1.04 bits per heavy atom. The van der Waals surface area contributed by atoms with Gasteiger partial charge in [-0.05, 0) is 67.2 Å². The van der Waals surface area contributed by atoms with E-state index in [1.54, 1.807) is 0 Å². The molecule has 23 heavy (non-hydrogen) atoms. The molecule has 0 bridgehead atoms. The summed E-state index contributed by atoms with van der Waals surface area (Å²) in [6, 6.07) is 16.9. The fourth-order valence-electron chi connectivity index (χ4n) is 2.54. The number of aryl methyl sites for hydroxylation is 2. The number of nitrogens with one attached hydrogen (secondary N) is 2. The van der Waals surface area contributed by atoms with E-state index in [1.807, 2.05) is 0 Å². The van der Waals surface area contributed by atoms with Crippen molar-refractivity contribution in [3.8, 4) is 0 Å². The maximum absolute atomic E-state index is 5.42. The molecule has 2 aromatic carbocycles. The Morgan fingerprint density at radius 3 is 2.43 bits per heavy atom. The minimum absolute atomic E-state index is 0.580. The average Bonchev–Trinajstić information content (AvgIpc) is 2.56. The zero-order valence-electron chi connectivity index (χ0n) is 14.2.